The molecule has 2 aromatic heterocycles. The van der Waals surface area contributed by atoms with Crippen LogP contribution in [-0.2, 0) is 17.9 Å². The van der Waals surface area contributed by atoms with Gasteiger partial charge in [-0.1, -0.05) is 10.3 Å². The molecule has 3 heterocycles. The number of nitrogens with zero attached hydrogens (tertiary/aromatic N) is 5. The zero-order valence-electron chi connectivity index (χ0n) is 13.4. The highest BCUT2D eigenvalue weighted by atomic mass is 16.5. The Hall–Kier alpha value is -2.19. The van der Waals surface area contributed by atoms with Crippen molar-refractivity contribution in [3.05, 3.63) is 36.0 Å². The predicted molar refractivity (Wildman–Crippen MR) is 81.2 cm³/mol. The van der Waals surface area contributed by atoms with Gasteiger partial charge in [-0.25, -0.2) is 0 Å². The minimum Gasteiger partial charge on any atom is -0.364 e. The summed E-state index contributed by atoms with van der Waals surface area (Å²) in [7, 11) is 3.57. The van der Waals surface area contributed by atoms with Gasteiger partial charge in [-0.05, 0) is 0 Å². The van der Waals surface area contributed by atoms with E-state index in [4.69, 9.17) is 9.05 Å². The molecule has 0 unspecified atom stereocenters. The first kappa shape index (κ1) is 15.7. The molecule has 3 rings (SSSR count). The van der Waals surface area contributed by atoms with Crippen molar-refractivity contribution in [1.29, 1.82) is 0 Å². The van der Waals surface area contributed by atoms with Crippen molar-refractivity contribution >= 4 is 5.91 Å². The van der Waals surface area contributed by atoms with E-state index in [-0.39, 0.29) is 11.9 Å². The molecule has 1 aliphatic heterocycles. The molecule has 1 fully saturated rings. The number of likely N-dealkylation sites (N-methyl/N-ethyl adjacent to an activating group) is 1. The molecule has 8 nitrogen and oxygen atoms in total. The zero-order valence-corrected chi connectivity index (χ0v) is 13.4. The summed E-state index contributed by atoms with van der Waals surface area (Å²) in [5.41, 5.74) is 1.72. The van der Waals surface area contributed by atoms with Crippen LogP contribution in [0, 0.1) is 0 Å². The van der Waals surface area contributed by atoms with Gasteiger partial charge < -0.3 is 13.9 Å². The van der Waals surface area contributed by atoms with Crippen LogP contribution in [0.25, 0.3) is 0 Å². The lowest BCUT2D eigenvalue weighted by molar-refractivity contribution is -0.137. The minimum absolute atomic E-state index is 0.0957. The van der Waals surface area contributed by atoms with Crippen LogP contribution >= 0.6 is 0 Å². The molecule has 8 heteroatoms. The summed E-state index contributed by atoms with van der Waals surface area (Å²) in [4.78, 5) is 18.6. The fourth-order valence-corrected chi connectivity index (χ4v) is 2.82. The molecule has 23 heavy (non-hydrogen) atoms. The van der Waals surface area contributed by atoms with E-state index in [0.717, 1.165) is 24.5 Å². The van der Waals surface area contributed by atoms with Crippen LogP contribution in [-0.4, -0.2) is 70.7 Å². The lowest BCUT2D eigenvalue weighted by Gasteiger charge is -2.40. The summed E-state index contributed by atoms with van der Waals surface area (Å²) in [5, 5.41) is 7.90. The Morgan fingerprint density at radius 3 is 2.39 bits per heavy atom. The van der Waals surface area contributed by atoms with Crippen LogP contribution in [0.15, 0.2) is 33.7 Å². The minimum atomic E-state index is -0.206. The third kappa shape index (κ3) is 3.77. The van der Waals surface area contributed by atoms with Crippen molar-refractivity contribution in [2.24, 2.45) is 0 Å². The number of piperazine rings is 1. The molecule has 0 saturated carbocycles. The summed E-state index contributed by atoms with van der Waals surface area (Å²) in [6, 6.07) is 3.48. The average molecular weight is 319 g/mol. The molecule has 0 aliphatic carbocycles. The van der Waals surface area contributed by atoms with Crippen LogP contribution in [0.5, 0.6) is 0 Å². The van der Waals surface area contributed by atoms with Gasteiger partial charge in [-0.15, -0.1) is 0 Å². The first-order valence-electron chi connectivity index (χ1n) is 7.59. The number of hydrogen-bond donors (Lipinski definition) is 0. The Balaban J connectivity index is 1.69. The highest BCUT2D eigenvalue weighted by molar-refractivity contribution is 5.81. The number of amides is 1. The van der Waals surface area contributed by atoms with E-state index in [2.05, 4.69) is 20.1 Å². The van der Waals surface area contributed by atoms with Gasteiger partial charge in [0.1, 0.15) is 18.6 Å². The first-order chi connectivity index (χ1) is 11.1. The van der Waals surface area contributed by atoms with Crippen molar-refractivity contribution in [2.75, 3.05) is 33.7 Å². The third-order valence-electron chi connectivity index (χ3n) is 4.03. The molecular weight excluding hydrogens is 298 g/mol. The molecule has 0 spiro atoms. The van der Waals surface area contributed by atoms with E-state index in [1.807, 2.05) is 12.1 Å². The van der Waals surface area contributed by atoms with Gasteiger partial charge in [-0.2, -0.15) is 0 Å². The quantitative estimate of drug-likeness (QED) is 0.791. The Morgan fingerprint density at radius 1 is 1.17 bits per heavy atom. The molecule has 2 aromatic rings. The van der Waals surface area contributed by atoms with Crippen molar-refractivity contribution in [3.63, 3.8) is 0 Å². The van der Waals surface area contributed by atoms with Gasteiger partial charge in [0.25, 0.3) is 0 Å². The van der Waals surface area contributed by atoms with E-state index < -0.39 is 0 Å². The first-order valence-corrected chi connectivity index (χ1v) is 7.59. The van der Waals surface area contributed by atoms with Crippen LogP contribution < -0.4 is 0 Å². The number of carbonyl (C=O) groups excluding carboxylic acids is 1. The van der Waals surface area contributed by atoms with Crippen LogP contribution in [0.2, 0.25) is 0 Å². The molecule has 1 saturated heterocycles. The average Bonchev–Trinajstić information content (AvgIpc) is 3.21. The van der Waals surface area contributed by atoms with Crippen LogP contribution in [0.4, 0.5) is 0 Å². The lowest BCUT2D eigenvalue weighted by Crippen LogP contribution is -2.58. The molecule has 0 radical (unpaired) electrons. The van der Waals surface area contributed by atoms with Crippen LogP contribution in [0.1, 0.15) is 11.4 Å². The smallest absolute Gasteiger partial charge is 0.240 e. The van der Waals surface area contributed by atoms with Crippen molar-refractivity contribution in [1.82, 2.24) is 25.0 Å². The second-order valence-corrected chi connectivity index (χ2v) is 5.94. The highest BCUT2D eigenvalue weighted by Crippen LogP contribution is 2.16. The molecule has 1 aliphatic rings. The van der Waals surface area contributed by atoms with Gasteiger partial charge in [0, 0.05) is 59.0 Å². The largest absolute Gasteiger partial charge is 0.364 e. The van der Waals surface area contributed by atoms with E-state index >= 15 is 0 Å². The Bertz CT molecular complexity index is 611. The number of hydrogen-bond acceptors (Lipinski definition) is 7. The molecule has 1 amide bonds. The maximum atomic E-state index is 12.6. The van der Waals surface area contributed by atoms with Gasteiger partial charge >= 0.3 is 0 Å². The van der Waals surface area contributed by atoms with E-state index in [9.17, 15) is 4.79 Å². The molecule has 0 bridgehead atoms. The fourth-order valence-electron chi connectivity index (χ4n) is 2.82. The second-order valence-electron chi connectivity index (χ2n) is 5.94. The third-order valence-corrected chi connectivity index (χ3v) is 4.03. The Kier molecular flexibility index (Phi) is 4.73. The van der Waals surface area contributed by atoms with E-state index in [0.29, 0.717) is 19.6 Å². The molecule has 124 valence electrons. The summed E-state index contributed by atoms with van der Waals surface area (Å²) in [6.45, 7) is 3.60. The maximum Gasteiger partial charge on any atom is 0.240 e. The van der Waals surface area contributed by atoms with Crippen molar-refractivity contribution in [3.8, 4) is 0 Å². The number of carbonyl (C=O) groups is 1. The van der Waals surface area contributed by atoms with Gasteiger partial charge in [-0.3, -0.25) is 14.6 Å². The summed E-state index contributed by atoms with van der Waals surface area (Å²) in [6.07, 6.45) is 3.12. The Labute approximate surface area is 134 Å². The topological polar surface area (TPSA) is 78.9 Å². The summed E-state index contributed by atoms with van der Waals surface area (Å²) < 4.78 is 9.77. The lowest BCUT2D eigenvalue weighted by atomic mass is 10.1. The van der Waals surface area contributed by atoms with Crippen molar-refractivity contribution in [2.45, 2.75) is 19.1 Å². The zero-order chi connectivity index (χ0) is 16.2. The Morgan fingerprint density at radius 2 is 1.83 bits per heavy atom. The molecule has 1 atom stereocenters. The highest BCUT2D eigenvalue weighted by Gasteiger charge is 2.33. The molecule has 0 N–H and O–H groups in total. The summed E-state index contributed by atoms with van der Waals surface area (Å²) >= 11 is 0. The number of aromatic nitrogens is 2. The second kappa shape index (κ2) is 6.93. The molecular formula is C15H21N5O3. The van der Waals surface area contributed by atoms with Gasteiger partial charge in [0.2, 0.25) is 5.91 Å². The standard InChI is InChI=1S/C15H21N5O3/c1-18(2)15(21)14-11-19(9-12-3-7-22-16-12)5-6-20(14)10-13-4-8-23-17-13/h3-4,7-8,14H,5-6,9-11H2,1-2H3/t14-/m0/s1. The maximum absolute atomic E-state index is 12.6. The van der Waals surface area contributed by atoms with E-state index in [1.54, 1.807) is 31.5 Å². The SMILES string of the molecule is CN(C)C(=O)[C@@H]1CN(Cc2ccon2)CCN1Cc1ccon1. The van der Waals surface area contributed by atoms with Crippen molar-refractivity contribution < 1.29 is 13.8 Å². The van der Waals surface area contributed by atoms with Gasteiger partial charge in [0.15, 0.2) is 0 Å². The normalized spacial score (nSPS) is 19.8. The van der Waals surface area contributed by atoms with E-state index in [1.165, 1.54) is 0 Å². The molecule has 0 aromatic carbocycles. The fraction of sp³-hybridized carbons (Fsp3) is 0.533. The number of rotatable bonds is 5. The summed E-state index contributed by atoms with van der Waals surface area (Å²) in [5.74, 6) is 0.0957. The predicted octanol–water partition coefficient (Wildman–Crippen LogP) is 0.437. The van der Waals surface area contributed by atoms with Crippen LogP contribution in [0.3, 0.4) is 0 Å². The van der Waals surface area contributed by atoms with Gasteiger partial charge in [0.05, 0.1) is 11.4 Å². The monoisotopic (exact) mass is 319 g/mol.